The van der Waals surface area contributed by atoms with Crippen LogP contribution in [0.4, 0.5) is 20.3 Å². The molecule has 0 N–H and O–H groups in total. The molecule has 6 rings (SSSR count). The van der Waals surface area contributed by atoms with E-state index in [2.05, 4.69) is 25.1 Å². The number of hydrogen-bond acceptors (Lipinski definition) is 8. The molecule has 40 heavy (non-hydrogen) atoms. The Morgan fingerprint density at radius 1 is 0.975 bits per heavy atom. The van der Waals surface area contributed by atoms with Crippen molar-refractivity contribution in [1.82, 2.24) is 28.9 Å². The molecular weight excluding hydrogens is 542 g/mol. The molecule has 5 heterocycles. The molecule has 0 spiro atoms. The first-order valence-corrected chi connectivity index (χ1v) is 13.9. The zero-order valence-corrected chi connectivity index (χ0v) is 21.9. The number of anilines is 2. The van der Waals surface area contributed by atoms with E-state index in [1.165, 1.54) is 8.61 Å². The molecule has 5 aromatic rings. The van der Waals surface area contributed by atoms with E-state index in [9.17, 15) is 17.2 Å². The van der Waals surface area contributed by atoms with Crippen LogP contribution in [0.1, 0.15) is 18.0 Å². The molecule has 0 radical (unpaired) electrons. The Morgan fingerprint density at radius 2 is 1.75 bits per heavy atom. The Kier molecular flexibility index (Phi) is 6.86. The maximum absolute atomic E-state index is 13.9. The lowest BCUT2D eigenvalue weighted by Crippen LogP contribution is -2.53. The van der Waals surface area contributed by atoms with Crippen LogP contribution in [-0.2, 0) is 16.8 Å². The van der Waals surface area contributed by atoms with E-state index in [4.69, 9.17) is 4.42 Å². The molecule has 0 bridgehead atoms. The van der Waals surface area contributed by atoms with E-state index < -0.39 is 22.5 Å². The molecule has 1 fully saturated rings. The molecule has 0 saturated carbocycles. The topological polar surface area (TPSA) is 113 Å². The third-order valence-corrected chi connectivity index (χ3v) is 8.47. The van der Waals surface area contributed by atoms with Gasteiger partial charge in [0.1, 0.15) is 11.5 Å². The minimum absolute atomic E-state index is 0.0140. The number of pyridine rings is 2. The van der Waals surface area contributed by atoms with Gasteiger partial charge in [0, 0.05) is 50.3 Å². The average molecular weight is 567 g/mol. The number of hydrogen-bond donors (Lipinski definition) is 0. The Morgan fingerprint density at radius 3 is 2.45 bits per heavy atom. The standard InChI is InChI=1S/C26H24F2N8O3S/c27-24(28)26-32-31-25(39-26)19-9-11-34-17-20(30-23(34)16-19)18-36(21-6-2-1-3-7-21)40(37,38)35-14-12-33(13-15-35)22-8-4-5-10-29-22/h1-11,16-17,24H,12-15,18H2. The fourth-order valence-corrected chi connectivity index (χ4v) is 6.15. The fraction of sp³-hybridized carbons (Fsp3) is 0.231. The molecule has 1 aliphatic rings. The summed E-state index contributed by atoms with van der Waals surface area (Å²) in [6.07, 6.45) is 2.25. The number of benzene rings is 1. The third kappa shape index (κ3) is 5.10. The van der Waals surface area contributed by atoms with Crippen molar-refractivity contribution in [2.75, 3.05) is 35.4 Å². The van der Waals surface area contributed by atoms with Gasteiger partial charge in [-0.05, 0) is 36.4 Å². The minimum atomic E-state index is -3.91. The van der Waals surface area contributed by atoms with E-state index in [-0.39, 0.29) is 12.4 Å². The molecule has 0 amide bonds. The van der Waals surface area contributed by atoms with Crippen molar-refractivity contribution >= 4 is 27.4 Å². The quantitative estimate of drug-likeness (QED) is 0.279. The number of imidazole rings is 1. The molecule has 206 valence electrons. The summed E-state index contributed by atoms with van der Waals surface area (Å²) < 4.78 is 63.2. The summed E-state index contributed by atoms with van der Waals surface area (Å²) in [7, 11) is -3.91. The number of halogens is 2. The van der Waals surface area contributed by atoms with Crippen molar-refractivity contribution in [2.24, 2.45) is 0 Å². The number of aromatic nitrogens is 5. The van der Waals surface area contributed by atoms with Gasteiger partial charge in [-0.15, -0.1) is 10.2 Å². The van der Waals surface area contributed by atoms with Crippen LogP contribution < -0.4 is 9.21 Å². The third-order valence-electron chi connectivity index (χ3n) is 6.55. The molecule has 0 atom stereocenters. The second kappa shape index (κ2) is 10.6. The molecule has 11 nitrogen and oxygen atoms in total. The van der Waals surface area contributed by atoms with E-state index >= 15 is 0 Å². The van der Waals surface area contributed by atoms with Gasteiger partial charge in [0.25, 0.3) is 5.89 Å². The molecule has 0 aliphatic carbocycles. The summed E-state index contributed by atoms with van der Waals surface area (Å²) in [6.45, 7) is 1.63. The van der Waals surface area contributed by atoms with Crippen molar-refractivity contribution in [3.8, 4) is 11.5 Å². The van der Waals surface area contributed by atoms with Gasteiger partial charge >= 0.3 is 16.6 Å². The first-order valence-electron chi connectivity index (χ1n) is 12.5. The van der Waals surface area contributed by atoms with E-state index in [1.807, 2.05) is 24.3 Å². The maximum atomic E-state index is 13.9. The van der Waals surface area contributed by atoms with Crippen molar-refractivity contribution in [3.63, 3.8) is 0 Å². The molecule has 4 aromatic heterocycles. The van der Waals surface area contributed by atoms with Gasteiger partial charge in [-0.2, -0.15) is 21.5 Å². The molecule has 1 aliphatic heterocycles. The predicted octanol–water partition coefficient (Wildman–Crippen LogP) is 3.79. The number of nitrogens with zero attached hydrogens (tertiary/aromatic N) is 8. The van der Waals surface area contributed by atoms with Gasteiger partial charge < -0.3 is 13.7 Å². The summed E-state index contributed by atoms with van der Waals surface area (Å²) in [5, 5.41) is 7.05. The van der Waals surface area contributed by atoms with Crippen LogP contribution in [0, 0.1) is 0 Å². The van der Waals surface area contributed by atoms with E-state index in [1.54, 1.807) is 59.4 Å². The lowest BCUT2D eigenvalue weighted by atomic mass is 10.2. The van der Waals surface area contributed by atoms with Crippen LogP contribution in [0.5, 0.6) is 0 Å². The van der Waals surface area contributed by atoms with Gasteiger partial charge in [0.15, 0.2) is 0 Å². The first-order chi connectivity index (χ1) is 19.4. The number of piperazine rings is 1. The second-order valence-electron chi connectivity index (χ2n) is 9.08. The highest BCUT2D eigenvalue weighted by atomic mass is 32.2. The van der Waals surface area contributed by atoms with Crippen molar-refractivity contribution in [2.45, 2.75) is 13.0 Å². The zero-order chi connectivity index (χ0) is 27.7. The van der Waals surface area contributed by atoms with Gasteiger partial charge in [-0.25, -0.2) is 9.97 Å². The summed E-state index contributed by atoms with van der Waals surface area (Å²) in [4.78, 5) is 11.0. The maximum Gasteiger partial charge on any atom is 0.314 e. The molecule has 14 heteroatoms. The van der Waals surface area contributed by atoms with E-state index in [0.29, 0.717) is 48.8 Å². The van der Waals surface area contributed by atoms with E-state index in [0.717, 1.165) is 5.82 Å². The Balaban J connectivity index is 1.26. The van der Waals surface area contributed by atoms with Crippen LogP contribution in [0.25, 0.3) is 17.1 Å². The minimum Gasteiger partial charge on any atom is -0.415 e. The van der Waals surface area contributed by atoms with Crippen LogP contribution in [0.2, 0.25) is 0 Å². The van der Waals surface area contributed by atoms with Gasteiger partial charge in [0.05, 0.1) is 17.9 Å². The van der Waals surface area contributed by atoms with Gasteiger partial charge in [-0.1, -0.05) is 24.3 Å². The summed E-state index contributed by atoms with van der Waals surface area (Å²) in [5.74, 6) is -0.00124. The monoisotopic (exact) mass is 566 g/mol. The summed E-state index contributed by atoms with van der Waals surface area (Å²) in [5.41, 5.74) is 1.90. The number of alkyl halides is 2. The Hall–Kier alpha value is -4.43. The zero-order valence-electron chi connectivity index (χ0n) is 21.1. The average Bonchev–Trinajstić information content (AvgIpc) is 3.64. The highest BCUT2D eigenvalue weighted by molar-refractivity contribution is 7.90. The Bertz CT molecular complexity index is 1710. The van der Waals surface area contributed by atoms with Crippen LogP contribution in [0.3, 0.4) is 0 Å². The fourth-order valence-electron chi connectivity index (χ4n) is 4.56. The number of fused-ring (bicyclic) bond motifs is 1. The highest BCUT2D eigenvalue weighted by Crippen LogP contribution is 2.27. The number of para-hydroxylation sites is 1. The largest absolute Gasteiger partial charge is 0.415 e. The Labute approximate surface area is 228 Å². The van der Waals surface area contributed by atoms with Crippen molar-refractivity contribution in [3.05, 3.63) is 90.8 Å². The molecule has 0 unspecified atom stereocenters. The molecule has 1 aromatic carbocycles. The first kappa shape index (κ1) is 25.8. The molecule has 1 saturated heterocycles. The number of rotatable bonds is 8. The van der Waals surface area contributed by atoms with Crippen LogP contribution >= 0.6 is 0 Å². The van der Waals surface area contributed by atoms with Gasteiger partial charge in [-0.3, -0.25) is 4.31 Å². The summed E-state index contributed by atoms with van der Waals surface area (Å²) in [6, 6.07) is 17.8. The van der Waals surface area contributed by atoms with Crippen molar-refractivity contribution in [1.29, 1.82) is 0 Å². The predicted molar refractivity (Wildman–Crippen MR) is 143 cm³/mol. The van der Waals surface area contributed by atoms with Gasteiger partial charge in [0.2, 0.25) is 5.89 Å². The van der Waals surface area contributed by atoms with Crippen LogP contribution in [-0.4, -0.2) is 63.5 Å². The molecular formula is C26H24F2N8O3S. The lowest BCUT2D eigenvalue weighted by Gasteiger charge is -2.37. The lowest BCUT2D eigenvalue weighted by molar-refractivity contribution is 0.116. The smallest absolute Gasteiger partial charge is 0.314 e. The SMILES string of the molecule is O=S(=O)(N1CCN(c2ccccn2)CC1)N(Cc1cn2ccc(-c3nnc(C(F)F)o3)cc2n1)c1ccccc1. The summed E-state index contributed by atoms with van der Waals surface area (Å²) >= 11 is 0. The second-order valence-corrected chi connectivity index (χ2v) is 10.9. The van der Waals surface area contributed by atoms with Crippen molar-refractivity contribution < 1.29 is 21.6 Å². The normalized spacial score (nSPS) is 14.7. The highest BCUT2D eigenvalue weighted by Gasteiger charge is 2.33. The van der Waals surface area contributed by atoms with Crippen LogP contribution in [0.15, 0.2) is 83.7 Å².